The van der Waals surface area contributed by atoms with Crippen molar-refractivity contribution in [1.29, 1.82) is 0 Å². The molecule has 8 heteroatoms. The summed E-state index contributed by atoms with van der Waals surface area (Å²) in [5, 5.41) is 2.54. The highest BCUT2D eigenvalue weighted by molar-refractivity contribution is 5.96. The molecule has 0 saturated carbocycles. The molecule has 0 spiro atoms. The SMILES string of the molecule is CN(C)c1c(F)cc(NC(=O)C2CCCN(C(=O)c3ccc(F)cc3)C2)cc1F. The zero-order valence-electron chi connectivity index (χ0n) is 16.2. The first kappa shape index (κ1) is 20.7. The number of hydrogen-bond acceptors (Lipinski definition) is 3. The molecule has 1 N–H and O–H groups in total. The molecule has 2 amide bonds. The van der Waals surface area contributed by atoms with Crippen molar-refractivity contribution in [3.63, 3.8) is 0 Å². The van der Waals surface area contributed by atoms with Crippen LogP contribution in [0.1, 0.15) is 23.2 Å². The number of nitrogens with one attached hydrogen (secondary N) is 1. The maximum absolute atomic E-state index is 14.1. The first-order valence-electron chi connectivity index (χ1n) is 9.28. The lowest BCUT2D eigenvalue weighted by atomic mass is 9.96. The van der Waals surface area contributed by atoms with E-state index in [0.717, 1.165) is 12.1 Å². The molecular weight excluding hydrogens is 383 g/mol. The largest absolute Gasteiger partial charge is 0.373 e. The van der Waals surface area contributed by atoms with Gasteiger partial charge in [0.1, 0.15) is 11.5 Å². The third-order valence-corrected chi connectivity index (χ3v) is 4.90. The maximum Gasteiger partial charge on any atom is 0.253 e. The fraction of sp³-hybridized carbons (Fsp3) is 0.333. The summed E-state index contributed by atoms with van der Waals surface area (Å²) in [4.78, 5) is 28.1. The Hall–Kier alpha value is -3.03. The Balaban J connectivity index is 1.68. The highest BCUT2D eigenvalue weighted by Gasteiger charge is 2.29. The number of hydrogen-bond donors (Lipinski definition) is 1. The Bertz CT molecular complexity index is 893. The highest BCUT2D eigenvalue weighted by Crippen LogP contribution is 2.27. The van der Waals surface area contributed by atoms with Gasteiger partial charge in [-0.15, -0.1) is 0 Å². The number of anilines is 2. The third kappa shape index (κ3) is 4.70. The summed E-state index contributed by atoms with van der Waals surface area (Å²) >= 11 is 0. The van der Waals surface area contributed by atoms with Crippen LogP contribution in [0, 0.1) is 23.4 Å². The Morgan fingerprint density at radius 2 is 1.69 bits per heavy atom. The Morgan fingerprint density at radius 1 is 1.07 bits per heavy atom. The van der Waals surface area contributed by atoms with Crippen LogP contribution in [0.3, 0.4) is 0 Å². The van der Waals surface area contributed by atoms with E-state index in [0.29, 0.717) is 24.9 Å². The predicted octanol–water partition coefficient (Wildman–Crippen LogP) is 3.66. The lowest BCUT2D eigenvalue weighted by Crippen LogP contribution is -2.43. The summed E-state index contributed by atoms with van der Waals surface area (Å²) in [5.74, 6) is -3.18. The quantitative estimate of drug-likeness (QED) is 0.845. The minimum Gasteiger partial charge on any atom is -0.373 e. The molecule has 1 saturated heterocycles. The van der Waals surface area contributed by atoms with Crippen molar-refractivity contribution < 1.29 is 22.8 Å². The summed E-state index contributed by atoms with van der Waals surface area (Å²) < 4.78 is 41.3. The van der Waals surface area contributed by atoms with Gasteiger partial charge in [-0.3, -0.25) is 9.59 Å². The second kappa shape index (κ2) is 8.55. The summed E-state index contributed by atoms with van der Waals surface area (Å²) in [6.07, 6.45) is 1.17. The summed E-state index contributed by atoms with van der Waals surface area (Å²) in [6, 6.07) is 7.36. The molecule has 1 fully saturated rings. The predicted molar refractivity (Wildman–Crippen MR) is 104 cm³/mol. The fourth-order valence-electron chi connectivity index (χ4n) is 3.46. The monoisotopic (exact) mass is 405 g/mol. The number of carbonyl (C=O) groups is 2. The number of benzene rings is 2. The number of halogens is 3. The standard InChI is InChI=1S/C21H22F3N3O2/c1-26(2)19-17(23)10-16(11-18(19)24)25-20(28)14-4-3-9-27(12-14)21(29)13-5-7-15(22)8-6-13/h5-8,10-11,14H,3-4,9,12H2,1-2H3,(H,25,28). The number of carbonyl (C=O) groups excluding carboxylic acids is 2. The summed E-state index contributed by atoms with van der Waals surface area (Å²) in [7, 11) is 3.04. The normalized spacial score (nSPS) is 16.4. The Labute approximate surface area is 167 Å². The molecule has 1 aliphatic rings. The second-order valence-corrected chi connectivity index (χ2v) is 7.27. The van der Waals surface area contributed by atoms with E-state index in [2.05, 4.69) is 5.32 Å². The molecule has 0 aromatic heterocycles. The third-order valence-electron chi connectivity index (χ3n) is 4.90. The Kier molecular flexibility index (Phi) is 6.10. The van der Waals surface area contributed by atoms with Gasteiger partial charge < -0.3 is 15.1 Å². The van der Waals surface area contributed by atoms with E-state index in [9.17, 15) is 22.8 Å². The molecule has 0 bridgehead atoms. The van der Waals surface area contributed by atoms with Crippen molar-refractivity contribution in [2.75, 3.05) is 37.4 Å². The molecule has 5 nitrogen and oxygen atoms in total. The van der Waals surface area contributed by atoms with Gasteiger partial charge in [0.15, 0.2) is 11.6 Å². The lowest BCUT2D eigenvalue weighted by Gasteiger charge is -2.32. The van der Waals surface area contributed by atoms with Crippen LogP contribution in [0.2, 0.25) is 0 Å². The first-order valence-corrected chi connectivity index (χ1v) is 9.28. The molecule has 2 aromatic carbocycles. The van der Waals surface area contributed by atoms with Gasteiger partial charge in [-0.1, -0.05) is 0 Å². The van der Waals surface area contributed by atoms with Crippen molar-refractivity contribution in [2.45, 2.75) is 12.8 Å². The van der Waals surface area contributed by atoms with Gasteiger partial charge in [0.25, 0.3) is 5.91 Å². The van der Waals surface area contributed by atoms with Gasteiger partial charge in [-0.2, -0.15) is 0 Å². The number of piperidine rings is 1. The molecule has 1 atom stereocenters. The highest BCUT2D eigenvalue weighted by atomic mass is 19.1. The van der Waals surface area contributed by atoms with E-state index in [1.54, 1.807) is 0 Å². The first-order chi connectivity index (χ1) is 13.8. The average molecular weight is 405 g/mol. The Morgan fingerprint density at radius 3 is 2.28 bits per heavy atom. The zero-order valence-corrected chi connectivity index (χ0v) is 16.2. The number of rotatable bonds is 4. The van der Waals surface area contributed by atoms with Gasteiger partial charge in [0.05, 0.1) is 5.92 Å². The van der Waals surface area contributed by atoms with Crippen molar-refractivity contribution >= 4 is 23.2 Å². The van der Waals surface area contributed by atoms with E-state index in [1.165, 1.54) is 48.2 Å². The van der Waals surface area contributed by atoms with E-state index in [-0.39, 0.29) is 23.8 Å². The molecule has 0 aliphatic carbocycles. The minimum atomic E-state index is -0.776. The molecule has 1 heterocycles. The number of amides is 2. The van der Waals surface area contributed by atoms with Crippen molar-refractivity contribution in [1.82, 2.24) is 4.90 Å². The van der Waals surface area contributed by atoms with Gasteiger partial charge in [0, 0.05) is 38.4 Å². The smallest absolute Gasteiger partial charge is 0.253 e. The summed E-state index contributed by atoms with van der Waals surface area (Å²) in [6.45, 7) is 0.670. The van der Waals surface area contributed by atoms with E-state index >= 15 is 0 Å². The van der Waals surface area contributed by atoms with Crippen LogP contribution in [0.15, 0.2) is 36.4 Å². The topological polar surface area (TPSA) is 52.7 Å². The van der Waals surface area contributed by atoms with E-state index in [4.69, 9.17) is 0 Å². The van der Waals surface area contributed by atoms with Gasteiger partial charge >= 0.3 is 0 Å². The molecule has 2 aromatic rings. The fourth-order valence-corrected chi connectivity index (χ4v) is 3.46. The maximum atomic E-state index is 14.1. The van der Waals surface area contributed by atoms with Gasteiger partial charge in [0.2, 0.25) is 5.91 Å². The van der Waals surface area contributed by atoms with Crippen molar-refractivity contribution in [2.24, 2.45) is 5.92 Å². The van der Waals surface area contributed by atoms with Crippen molar-refractivity contribution in [3.8, 4) is 0 Å². The van der Waals surface area contributed by atoms with Crippen LogP contribution in [-0.2, 0) is 4.79 Å². The molecule has 1 aliphatic heterocycles. The second-order valence-electron chi connectivity index (χ2n) is 7.27. The van der Waals surface area contributed by atoms with Gasteiger partial charge in [-0.25, -0.2) is 13.2 Å². The molecule has 0 radical (unpaired) electrons. The average Bonchev–Trinajstić information content (AvgIpc) is 2.67. The van der Waals surface area contributed by atoms with Gasteiger partial charge in [-0.05, 0) is 49.2 Å². The van der Waals surface area contributed by atoms with Crippen LogP contribution < -0.4 is 10.2 Å². The van der Waals surface area contributed by atoms with Crippen LogP contribution in [0.25, 0.3) is 0 Å². The van der Waals surface area contributed by atoms with Crippen LogP contribution in [0.5, 0.6) is 0 Å². The van der Waals surface area contributed by atoms with Crippen LogP contribution in [0.4, 0.5) is 24.5 Å². The van der Waals surface area contributed by atoms with E-state index in [1.807, 2.05) is 0 Å². The molecule has 29 heavy (non-hydrogen) atoms. The number of nitrogens with zero attached hydrogens (tertiary/aromatic N) is 2. The molecule has 3 rings (SSSR count). The zero-order chi connectivity index (χ0) is 21.1. The molecular formula is C21H22F3N3O2. The van der Waals surface area contributed by atoms with Crippen molar-refractivity contribution in [3.05, 3.63) is 59.4 Å². The lowest BCUT2D eigenvalue weighted by molar-refractivity contribution is -0.121. The molecule has 1 unspecified atom stereocenters. The number of likely N-dealkylation sites (tertiary alicyclic amines) is 1. The summed E-state index contributed by atoms with van der Waals surface area (Å²) in [5.41, 5.74) is 0.185. The van der Waals surface area contributed by atoms with Crippen LogP contribution in [-0.4, -0.2) is 43.9 Å². The molecule has 154 valence electrons. The van der Waals surface area contributed by atoms with E-state index < -0.39 is 29.3 Å². The van der Waals surface area contributed by atoms with Crippen LogP contribution >= 0.6 is 0 Å². The minimum absolute atomic E-state index is 0.0255.